The summed E-state index contributed by atoms with van der Waals surface area (Å²) in [6, 6.07) is 0. The summed E-state index contributed by atoms with van der Waals surface area (Å²) in [6.07, 6.45) is 2.96. The molecule has 2 unspecified atom stereocenters. The molecule has 0 amide bonds. The van der Waals surface area contributed by atoms with Crippen molar-refractivity contribution < 1.29 is 9.47 Å². The first-order valence-corrected chi connectivity index (χ1v) is 4.99. The molecular weight excluding hydrogens is 166 g/mol. The van der Waals surface area contributed by atoms with Gasteiger partial charge in [0.25, 0.3) is 0 Å². The third-order valence-corrected chi connectivity index (χ3v) is 2.10. The third-order valence-electron chi connectivity index (χ3n) is 2.10. The second-order valence-electron chi connectivity index (χ2n) is 4.65. The summed E-state index contributed by atoms with van der Waals surface area (Å²) < 4.78 is 11.1. The molecule has 2 atom stereocenters. The van der Waals surface area contributed by atoms with Crippen molar-refractivity contribution in [2.45, 2.75) is 51.4 Å². The first kappa shape index (κ1) is 11.0. The zero-order valence-electron chi connectivity index (χ0n) is 8.88. The van der Waals surface area contributed by atoms with E-state index in [1.807, 2.05) is 13.8 Å². The molecule has 0 spiro atoms. The molecule has 2 N–H and O–H groups in total. The van der Waals surface area contributed by atoms with Crippen molar-refractivity contribution in [3.63, 3.8) is 0 Å². The van der Waals surface area contributed by atoms with Gasteiger partial charge in [0.2, 0.25) is 0 Å². The van der Waals surface area contributed by atoms with Gasteiger partial charge >= 0.3 is 0 Å². The van der Waals surface area contributed by atoms with Crippen molar-refractivity contribution in [1.82, 2.24) is 0 Å². The van der Waals surface area contributed by atoms with Gasteiger partial charge in [-0.25, -0.2) is 0 Å². The van der Waals surface area contributed by atoms with Crippen LogP contribution >= 0.6 is 0 Å². The number of hydrogen-bond acceptors (Lipinski definition) is 3. The lowest BCUT2D eigenvalue weighted by Gasteiger charge is -2.19. The highest BCUT2D eigenvalue weighted by atomic mass is 16.5. The normalized spacial score (nSPS) is 29.5. The Morgan fingerprint density at radius 2 is 2.15 bits per heavy atom. The standard InChI is InChI=1S/C10H21NO2/c1-8-4-5-9(13-8)6-12-7-10(2,3)11/h8-9H,4-7,11H2,1-3H3. The van der Waals surface area contributed by atoms with Crippen LogP contribution in [0.2, 0.25) is 0 Å². The Labute approximate surface area is 80.6 Å². The van der Waals surface area contributed by atoms with Crippen molar-refractivity contribution in [2.75, 3.05) is 13.2 Å². The molecule has 78 valence electrons. The van der Waals surface area contributed by atoms with E-state index in [0.29, 0.717) is 19.3 Å². The molecule has 0 radical (unpaired) electrons. The first-order chi connectivity index (χ1) is 5.97. The van der Waals surface area contributed by atoms with Crippen molar-refractivity contribution in [3.05, 3.63) is 0 Å². The fraction of sp³-hybridized carbons (Fsp3) is 1.00. The van der Waals surface area contributed by atoms with E-state index < -0.39 is 0 Å². The first-order valence-electron chi connectivity index (χ1n) is 4.99. The molecule has 13 heavy (non-hydrogen) atoms. The van der Waals surface area contributed by atoms with Gasteiger partial charge in [-0.2, -0.15) is 0 Å². The molecule has 0 aromatic rings. The average molecular weight is 187 g/mol. The highest BCUT2D eigenvalue weighted by Gasteiger charge is 2.22. The number of rotatable bonds is 4. The van der Waals surface area contributed by atoms with E-state index in [9.17, 15) is 0 Å². The van der Waals surface area contributed by atoms with E-state index in [1.54, 1.807) is 0 Å². The van der Waals surface area contributed by atoms with Crippen LogP contribution in [0, 0.1) is 0 Å². The van der Waals surface area contributed by atoms with Gasteiger partial charge < -0.3 is 15.2 Å². The maximum absolute atomic E-state index is 5.78. The van der Waals surface area contributed by atoms with Gasteiger partial charge in [0.1, 0.15) is 0 Å². The molecule has 0 aromatic carbocycles. The third kappa shape index (κ3) is 4.60. The van der Waals surface area contributed by atoms with Gasteiger partial charge in [0.15, 0.2) is 0 Å². The second-order valence-corrected chi connectivity index (χ2v) is 4.65. The zero-order valence-corrected chi connectivity index (χ0v) is 8.88. The summed E-state index contributed by atoms with van der Waals surface area (Å²) in [5, 5.41) is 0. The SMILES string of the molecule is CC1CCC(COCC(C)(C)N)O1. The topological polar surface area (TPSA) is 44.5 Å². The fourth-order valence-corrected chi connectivity index (χ4v) is 1.46. The van der Waals surface area contributed by atoms with E-state index >= 15 is 0 Å². The minimum atomic E-state index is -0.232. The quantitative estimate of drug-likeness (QED) is 0.721. The van der Waals surface area contributed by atoms with Gasteiger partial charge in [-0.15, -0.1) is 0 Å². The number of nitrogens with two attached hydrogens (primary N) is 1. The second kappa shape index (κ2) is 4.40. The Balaban J connectivity index is 2.07. The van der Waals surface area contributed by atoms with Crippen molar-refractivity contribution in [2.24, 2.45) is 5.73 Å². The monoisotopic (exact) mass is 187 g/mol. The summed E-state index contributed by atoms with van der Waals surface area (Å²) in [5.41, 5.74) is 5.55. The molecule has 3 nitrogen and oxygen atoms in total. The molecule has 1 fully saturated rings. The van der Waals surface area contributed by atoms with E-state index in [1.165, 1.54) is 0 Å². The van der Waals surface area contributed by atoms with Crippen LogP contribution in [-0.4, -0.2) is 31.0 Å². The lowest BCUT2D eigenvalue weighted by Crippen LogP contribution is -2.38. The minimum Gasteiger partial charge on any atom is -0.377 e. The Kier molecular flexibility index (Phi) is 3.71. The van der Waals surface area contributed by atoms with Crippen LogP contribution < -0.4 is 5.73 Å². The van der Waals surface area contributed by atoms with Gasteiger partial charge in [-0.1, -0.05) is 0 Å². The predicted molar refractivity (Wildman–Crippen MR) is 52.7 cm³/mol. The summed E-state index contributed by atoms with van der Waals surface area (Å²) in [5.74, 6) is 0. The maximum atomic E-state index is 5.78. The van der Waals surface area contributed by atoms with Gasteiger partial charge in [-0.05, 0) is 33.6 Å². The number of hydrogen-bond donors (Lipinski definition) is 1. The van der Waals surface area contributed by atoms with Crippen LogP contribution in [0.4, 0.5) is 0 Å². The van der Waals surface area contributed by atoms with Crippen LogP contribution in [0.25, 0.3) is 0 Å². The van der Waals surface area contributed by atoms with Crippen molar-refractivity contribution in [3.8, 4) is 0 Å². The Morgan fingerprint density at radius 3 is 2.62 bits per heavy atom. The molecule has 0 aromatic heterocycles. The van der Waals surface area contributed by atoms with Crippen LogP contribution in [0.15, 0.2) is 0 Å². The molecular formula is C10H21NO2. The highest BCUT2D eigenvalue weighted by molar-refractivity contribution is 4.73. The molecule has 0 aliphatic carbocycles. The molecule has 0 saturated carbocycles. The molecule has 3 heteroatoms. The van der Waals surface area contributed by atoms with E-state index in [0.717, 1.165) is 12.8 Å². The number of ether oxygens (including phenoxy) is 2. The summed E-state index contributed by atoms with van der Waals surface area (Å²) in [6.45, 7) is 7.31. The molecule has 0 bridgehead atoms. The van der Waals surface area contributed by atoms with Crippen LogP contribution in [0.3, 0.4) is 0 Å². The largest absolute Gasteiger partial charge is 0.377 e. The predicted octanol–water partition coefficient (Wildman–Crippen LogP) is 1.31. The fourth-order valence-electron chi connectivity index (χ4n) is 1.46. The Hall–Kier alpha value is -0.120. The van der Waals surface area contributed by atoms with Crippen molar-refractivity contribution in [1.29, 1.82) is 0 Å². The summed E-state index contributed by atoms with van der Waals surface area (Å²) in [4.78, 5) is 0. The summed E-state index contributed by atoms with van der Waals surface area (Å²) in [7, 11) is 0. The van der Waals surface area contributed by atoms with E-state index in [-0.39, 0.29) is 11.6 Å². The van der Waals surface area contributed by atoms with Crippen molar-refractivity contribution >= 4 is 0 Å². The molecule has 1 heterocycles. The minimum absolute atomic E-state index is 0.232. The highest BCUT2D eigenvalue weighted by Crippen LogP contribution is 2.19. The van der Waals surface area contributed by atoms with Gasteiger partial charge in [0, 0.05) is 5.54 Å². The lowest BCUT2D eigenvalue weighted by molar-refractivity contribution is -0.0179. The van der Waals surface area contributed by atoms with Crippen LogP contribution in [0.5, 0.6) is 0 Å². The molecule has 1 rings (SSSR count). The van der Waals surface area contributed by atoms with E-state index in [2.05, 4.69) is 6.92 Å². The Morgan fingerprint density at radius 1 is 1.46 bits per heavy atom. The van der Waals surface area contributed by atoms with Gasteiger partial charge in [-0.3, -0.25) is 0 Å². The van der Waals surface area contributed by atoms with Crippen LogP contribution in [-0.2, 0) is 9.47 Å². The average Bonchev–Trinajstić information content (AvgIpc) is 2.33. The molecule has 1 aliphatic heterocycles. The molecule has 1 saturated heterocycles. The van der Waals surface area contributed by atoms with E-state index in [4.69, 9.17) is 15.2 Å². The smallest absolute Gasteiger partial charge is 0.0813 e. The summed E-state index contributed by atoms with van der Waals surface area (Å²) >= 11 is 0. The maximum Gasteiger partial charge on any atom is 0.0813 e. The van der Waals surface area contributed by atoms with Gasteiger partial charge in [0.05, 0.1) is 25.4 Å². The lowest BCUT2D eigenvalue weighted by atomic mass is 10.1. The van der Waals surface area contributed by atoms with Crippen LogP contribution in [0.1, 0.15) is 33.6 Å². The molecule has 1 aliphatic rings. The zero-order chi connectivity index (χ0) is 9.90. The Bertz CT molecular complexity index is 153.